The Morgan fingerprint density at radius 2 is 2.04 bits per heavy atom. The summed E-state index contributed by atoms with van der Waals surface area (Å²) in [5, 5.41) is 8.18. The van der Waals surface area contributed by atoms with Crippen LogP contribution in [0.25, 0.3) is 15.9 Å². The van der Waals surface area contributed by atoms with Crippen LogP contribution in [0, 0.1) is 5.92 Å². The maximum Gasteiger partial charge on any atom is 0.348 e. The lowest BCUT2D eigenvalue weighted by molar-refractivity contribution is -0.117. The lowest BCUT2D eigenvalue weighted by Crippen LogP contribution is -2.14. The number of rotatable bonds is 4. The van der Waals surface area contributed by atoms with E-state index in [0.29, 0.717) is 10.7 Å². The average molecular weight is 341 g/mol. The van der Waals surface area contributed by atoms with Crippen molar-refractivity contribution in [3.8, 4) is 5.69 Å². The highest BCUT2D eigenvalue weighted by Gasteiger charge is 2.31. The summed E-state index contributed by atoms with van der Waals surface area (Å²) in [7, 11) is 1.35. The number of carbonyl (C=O) groups is 2. The van der Waals surface area contributed by atoms with Crippen molar-refractivity contribution in [1.29, 1.82) is 0 Å². The molecule has 24 heavy (non-hydrogen) atoms. The summed E-state index contributed by atoms with van der Waals surface area (Å²) >= 11 is 1.30. The van der Waals surface area contributed by atoms with E-state index < -0.39 is 5.97 Å². The summed E-state index contributed by atoms with van der Waals surface area (Å²) in [6.07, 6.45) is 1.84. The van der Waals surface area contributed by atoms with Gasteiger partial charge in [-0.2, -0.15) is 0 Å². The Morgan fingerprint density at radius 1 is 1.29 bits per heavy atom. The molecule has 0 atom stereocenters. The molecule has 0 unspecified atom stereocenters. The number of hydrogen-bond donors (Lipinski definition) is 1. The topological polar surface area (TPSA) is 73.2 Å². The van der Waals surface area contributed by atoms with Crippen LogP contribution in [0.4, 0.5) is 5.82 Å². The third-order valence-electron chi connectivity index (χ3n) is 3.94. The van der Waals surface area contributed by atoms with Gasteiger partial charge in [0.2, 0.25) is 5.91 Å². The molecule has 122 valence electrons. The van der Waals surface area contributed by atoms with Gasteiger partial charge < -0.3 is 10.1 Å². The Bertz CT molecular complexity index is 925. The van der Waals surface area contributed by atoms with Gasteiger partial charge in [0.25, 0.3) is 0 Å². The molecule has 1 aliphatic rings. The molecule has 1 amide bonds. The highest BCUT2D eigenvalue weighted by Crippen LogP contribution is 2.35. The Hall–Kier alpha value is -2.67. The van der Waals surface area contributed by atoms with Gasteiger partial charge >= 0.3 is 5.97 Å². The summed E-state index contributed by atoms with van der Waals surface area (Å²) in [5.41, 5.74) is 0.868. The molecule has 1 N–H and O–H groups in total. The molecule has 0 spiro atoms. The Kier molecular flexibility index (Phi) is 3.57. The number of benzene rings is 1. The highest BCUT2D eigenvalue weighted by atomic mass is 32.1. The van der Waals surface area contributed by atoms with E-state index in [1.54, 1.807) is 10.7 Å². The van der Waals surface area contributed by atoms with E-state index in [1.807, 2.05) is 30.3 Å². The van der Waals surface area contributed by atoms with Crippen LogP contribution in [0.3, 0.4) is 0 Å². The van der Waals surface area contributed by atoms with Crippen molar-refractivity contribution in [2.75, 3.05) is 12.4 Å². The molecule has 0 aliphatic heterocycles. The van der Waals surface area contributed by atoms with E-state index in [4.69, 9.17) is 4.74 Å². The normalized spacial score (nSPS) is 13.9. The number of amides is 1. The van der Waals surface area contributed by atoms with E-state index in [9.17, 15) is 9.59 Å². The second kappa shape index (κ2) is 5.76. The highest BCUT2D eigenvalue weighted by molar-refractivity contribution is 7.20. The van der Waals surface area contributed by atoms with Crippen molar-refractivity contribution >= 4 is 39.2 Å². The van der Waals surface area contributed by atoms with Crippen LogP contribution in [0.15, 0.2) is 36.4 Å². The number of para-hydroxylation sites is 1. The first-order valence-corrected chi connectivity index (χ1v) is 8.46. The summed E-state index contributed by atoms with van der Waals surface area (Å²) in [4.78, 5) is 25.2. The number of fused-ring (bicyclic) bond motifs is 1. The van der Waals surface area contributed by atoms with Crippen molar-refractivity contribution in [2.45, 2.75) is 12.8 Å². The summed E-state index contributed by atoms with van der Waals surface area (Å²) < 4.78 is 6.55. The molecule has 1 saturated carbocycles. The fraction of sp³-hybridized carbons (Fsp3) is 0.235. The van der Waals surface area contributed by atoms with E-state index in [2.05, 4.69) is 10.4 Å². The number of esters is 1. The minimum Gasteiger partial charge on any atom is -0.465 e. The Balaban J connectivity index is 1.83. The molecule has 2 heterocycles. The van der Waals surface area contributed by atoms with Crippen LogP contribution >= 0.6 is 11.3 Å². The summed E-state index contributed by atoms with van der Waals surface area (Å²) in [6, 6.07) is 11.3. The zero-order chi connectivity index (χ0) is 16.7. The predicted molar refractivity (Wildman–Crippen MR) is 91.6 cm³/mol. The molecule has 0 radical (unpaired) electrons. The number of thiophene rings is 1. The molecule has 1 aliphatic carbocycles. The number of hydrogen-bond acceptors (Lipinski definition) is 5. The number of carbonyl (C=O) groups excluding carboxylic acids is 2. The van der Waals surface area contributed by atoms with E-state index in [-0.39, 0.29) is 11.8 Å². The first-order chi connectivity index (χ1) is 11.7. The van der Waals surface area contributed by atoms with Crippen molar-refractivity contribution in [1.82, 2.24) is 9.78 Å². The number of methoxy groups -OCH3 is 1. The van der Waals surface area contributed by atoms with Crippen molar-refractivity contribution in [2.24, 2.45) is 5.92 Å². The zero-order valence-electron chi connectivity index (χ0n) is 13.0. The van der Waals surface area contributed by atoms with Gasteiger partial charge in [0.1, 0.15) is 9.71 Å². The number of nitrogens with one attached hydrogen (secondary N) is 1. The fourth-order valence-corrected chi connectivity index (χ4v) is 3.56. The molecule has 7 heteroatoms. The largest absolute Gasteiger partial charge is 0.465 e. The third kappa shape index (κ3) is 2.56. The molecule has 3 aromatic rings. The van der Waals surface area contributed by atoms with Crippen molar-refractivity contribution in [3.63, 3.8) is 0 Å². The monoisotopic (exact) mass is 341 g/mol. The fourth-order valence-electron chi connectivity index (χ4n) is 2.51. The summed E-state index contributed by atoms with van der Waals surface area (Å²) in [6.45, 7) is 0. The van der Waals surface area contributed by atoms with Gasteiger partial charge in [0.05, 0.1) is 18.2 Å². The molecule has 1 fully saturated rings. The lowest BCUT2D eigenvalue weighted by Gasteiger charge is -2.02. The molecule has 4 rings (SSSR count). The minimum absolute atomic E-state index is 0.0135. The van der Waals surface area contributed by atoms with E-state index in [1.165, 1.54) is 18.4 Å². The standard InChI is InChI=1S/C17H15N3O3S/c1-23-17(22)13-9-12-14(18-15(21)10-7-8-10)19-20(16(12)24-13)11-5-3-2-4-6-11/h2-6,9-10H,7-8H2,1H3,(H,18,19,21). The molecule has 1 aromatic carbocycles. The van der Waals surface area contributed by atoms with E-state index in [0.717, 1.165) is 28.7 Å². The first kappa shape index (κ1) is 14.9. The van der Waals surface area contributed by atoms with Gasteiger partial charge in [0.15, 0.2) is 5.82 Å². The number of anilines is 1. The number of nitrogens with zero attached hydrogens (tertiary/aromatic N) is 2. The molecule has 0 saturated heterocycles. The van der Waals surface area contributed by atoms with Crippen LogP contribution in [0.1, 0.15) is 22.5 Å². The van der Waals surface area contributed by atoms with Crippen LogP contribution in [-0.4, -0.2) is 28.8 Å². The first-order valence-electron chi connectivity index (χ1n) is 7.64. The van der Waals surface area contributed by atoms with Gasteiger partial charge in [-0.3, -0.25) is 4.79 Å². The lowest BCUT2D eigenvalue weighted by atomic mass is 10.3. The number of ether oxygens (including phenoxy) is 1. The quantitative estimate of drug-likeness (QED) is 0.740. The molecular weight excluding hydrogens is 326 g/mol. The third-order valence-corrected chi connectivity index (χ3v) is 5.03. The van der Waals surface area contributed by atoms with Crippen LogP contribution in [0.2, 0.25) is 0 Å². The second-order valence-electron chi connectivity index (χ2n) is 5.68. The summed E-state index contributed by atoms with van der Waals surface area (Å²) in [5.74, 6) is 0.161. The molecule has 2 aromatic heterocycles. The van der Waals surface area contributed by atoms with Gasteiger partial charge in [-0.1, -0.05) is 18.2 Å². The van der Waals surface area contributed by atoms with Gasteiger partial charge in [-0.15, -0.1) is 16.4 Å². The Morgan fingerprint density at radius 3 is 2.71 bits per heavy atom. The second-order valence-corrected chi connectivity index (χ2v) is 6.71. The van der Waals surface area contributed by atoms with Gasteiger partial charge in [-0.05, 0) is 31.0 Å². The maximum atomic E-state index is 12.1. The zero-order valence-corrected chi connectivity index (χ0v) is 13.8. The van der Waals surface area contributed by atoms with Gasteiger partial charge in [0, 0.05) is 5.92 Å². The molecule has 6 nitrogen and oxygen atoms in total. The Labute approximate surface area is 142 Å². The van der Waals surface area contributed by atoms with Crippen LogP contribution < -0.4 is 5.32 Å². The van der Waals surface area contributed by atoms with Crippen LogP contribution in [0.5, 0.6) is 0 Å². The van der Waals surface area contributed by atoms with Gasteiger partial charge in [-0.25, -0.2) is 9.48 Å². The molecular formula is C17H15N3O3S. The predicted octanol–water partition coefficient (Wildman–Crippen LogP) is 3.22. The molecule has 0 bridgehead atoms. The number of aromatic nitrogens is 2. The smallest absolute Gasteiger partial charge is 0.348 e. The maximum absolute atomic E-state index is 12.1. The minimum atomic E-state index is -0.393. The van der Waals surface area contributed by atoms with E-state index >= 15 is 0 Å². The average Bonchev–Trinajstić information content (AvgIpc) is 3.29. The van der Waals surface area contributed by atoms with Crippen molar-refractivity contribution in [3.05, 3.63) is 41.3 Å². The van der Waals surface area contributed by atoms with Crippen molar-refractivity contribution < 1.29 is 14.3 Å². The van der Waals surface area contributed by atoms with Crippen LogP contribution in [-0.2, 0) is 9.53 Å². The SMILES string of the molecule is COC(=O)c1cc2c(NC(=O)C3CC3)nn(-c3ccccc3)c2s1.